The summed E-state index contributed by atoms with van der Waals surface area (Å²) in [5, 5.41) is 5.47. The van der Waals surface area contributed by atoms with Crippen LogP contribution in [-0.2, 0) is 12.8 Å². The summed E-state index contributed by atoms with van der Waals surface area (Å²) in [7, 11) is 0. The molecule has 0 saturated carbocycles. The van der Waals surface area contributed by atoms with Crippen molar-refractivity contribution in [3.05, 3.63) is 61.0 Å². The number of fused-ring (bicyclic) bond motifs is 1. The molecular formula is C15H11BrCl3N. The summed E-state index contributed by atoms with van der Waals surface area (Å²) < 4.78 is 0.875. The zero-order valence-corrected chi connectivity index (χ0v) is 14.2. The van der Waals surface area contributed by atoms with E-state index in [2.05, 4.69) is 27.3 Å². The van der Waals surface area contributed by atoms with Gasteiger partial charge >= 0.3 is 0 Å². The predicted molar refractivity (Wildman–Crippen MR) is 90.4 cm³/mol. The fraction of sp³-hybridized carbons (Fsp3) is 0.200. The van der Waals surface area contributed by atoms with Crippen molar-refractivity contribution >= 4 is 56.4 Å². The molecule has 1 N–H and O–H groups in total. The van der Waals surface area contributed by atoms with Gasteiger partial charge in [-0.25, -0.2) is 0 Å². The van der Waals surface area contributed by atoms with E-state index in [1.54, 1.807) is 0 Å². The summed E-state index contributed by atoms with van der Waals surface area (Å²) in [6.07, 6.45) is 1.88. The second-order valence-electron chi connectivity index (χ2n) is 4.91. The van der Waals surface area contributed by atoms with E-state index in [4.69, 9.17) is 34.8 Å². The molecule has 0 fully saturated rings. The average Bonchev–Trinajstić information content (AvgIpc) is 2.75. The molecule has 1 aliphatic rings. The van der Waals surface area contributed by atoms with Crippen molar-refractivity contribution in [2.24, 2.45) is 0 Å². The Labute approximate surface area is 141 Å². The van der Waals surface area contributed by atoms with Crippen LogP contribution in [0.15, 0.2) is 34.8 Å². The van der Waals surface area contributed by atoms with Crippen LogP contribution >= 0.6 is 50.7 Å². The zero-order valence-electron chi connectivity index (χ0n) is 10.4. The first kappa shape index (κ1) is 14.5. The molecule has 0 heterocycles. The van der Waals surface area contributed by atoms with Gasteiger partial charge in [0, 0.05) is 15.5 Å². The summed E-state index contributed by atoms with van der Waals surface area (Å²) in [4.78, 5) is 0. The lowest BCUT2D eigenvalue weighted by Crippen LogP contribution is -2.19. The van der Waals surface area contributed by atoms with E-state index in [0.29, 0.717) is 16.1 Å². The van der Waals surface area contributed by atoms with Crippen molar-refractivity contribution in [2.45, 2.75) is 18.9 Å². The molecule has 2 aromatic rings. The molecule has 2 aromatic carbocycles. The smallest absolute Gasteiger partial charge is 0.0722 e. The normalized spacial score (nSPS) is 17.1. The maximum Gasteiger partial charge on any atom is 0.0722 e. The maximum absolute atomic E-state index is 6.25. The van der Waals surface area contributed by atoms with Gasteiger partial charge in [0.2, 0.25) is 0 Å². The lowest BCUT2D eigenvalue weighted by Gasteiger charge is -2.16. The monoisotopic (exact) mass is 389 g/mol. The molecule has 0 aromatic heterocycles. The van der Waals surface area contributed by atoms with Crippen LogP contribution in [0.5, 0.6) is 0 Å². The number of anilines is 1. The summed E-state index contributed by atoms with van der Waals surface area (Å²) in [6.45, 7) is 0. The number of rotatable bonds is 2. The van der Waals surface area contributed by atoms with Gasteiger partial charge < -0.3 is 5.32 Å². The average molecular weight is 392 g/mol. The van der Waals surface area contributed by atoms with Gasteiger partial charge in [0.05, 0.1) is 15.7 Å². The third-order valence-corrected chi connectivity index (χ3v) is 4.75. The van der Waals surface area contributed by atoms with E-state index in [0.717, 1.165) is 28.0 Å². The molecular weight excluding hydrogens is 380 g/mol. The second-order valence-corrected chi connectivity index (χ2v) is 7.07. The highest BCUT2D eigenvalue weighted by molar-refractivity contribution is 9.10. The fourth-order valence-electron chi connectivity index (χ4n) is 2.57. The van der Waals surface area contributed by atoms with Crippen LogP contribution in [0.3, 0.4) is 0 Å². The van der Waals surface area contributed by atoms with E-state index >= 15 is 0 Å². The minimum Gasteiger partial charge on any atom is -0.379 e. The van der Waals surface area contributed by atoms with Gasteiger partial charge in [0.1, 0.15) is 0 Å². The molecule has 0 aliphatic heterocycles. The van der Waals surface area contributed by atoms with Gasteiger partial charge in [-0.1, -0.05) is 56.8 Å². The Morgan fingerprint density at radius 3 is 2.30 bits per heavy atom. The molecule has 0 spiro atoms. The van der Waals surface area contributed by atoms with Crippen molar-refractivity contribution in [3.8, 4) is 0 Å². The second kappa shape index (κ2) is 5.76. The number of halogens is 4. The summed E-state index contributed by atoms with van der Waals surface area (Å²) in [6, 6.07) is 10.0. The van der Waals surface area contributed by atoms with Crippen molar-refractivity contribution in [1.29, 1.82) is 0 Å². The summed E-state index contributed by atoms with van der Waals surface area (Å²) >= 11 is 21.9. The van der Waals surface area contributed by atoms with Gasteiger partial charge in [0.25, 0.3) is 0 Å². The van der Waals surface area contributed by atoms with Crippen LogP contribution < -0.4 is 5.32 Å². The van der Waals surface area contributed by atoms with Crippen LogP contribution in [0.4, 0.5) is 5.69 Å². The lowest BCUT2D eigenvalue weighted by molar-refractivity contribution is 0.774. The molecule has 0 amide bonds. The highest BCUT2D eigenvalue weighted by atomic mass is 79.9. The summed E-state index contributed by atoms with van der Waals surface area (Å²) in [5.41, 5.74) is 3.41. The van der Waals surface area contributed by atoms with Crippen molar-refractivity contribution in [3.63, 3.8) is 0 Å². The first-order valence-electron chi connectivity index (χ1n) is 6.21. The maximum atomic E-state index is 6.25. The van der Waals surface area contributed by atoms with E-state index in [1.807, 2.05) is 24.3 Å². The van der Waals surface area contributed by atoms with Crippen LogP contribution in [-0.4, -0.2) is 6.04 Å². The van der Waals surface area contributed by atoms with Gasteiger partial charge in [-0.05, 0) is 48.2 Å². The third kappa shape index (κ3) is 2.94. The molecule has 0 radical (unpaired) electrons. The minimum atomic E-state index is 0.291. The van der Waals surface area contributed by atoms with Gasteiger partial charge in [-0.3, -0.25) is 0 Å². The van der Waals surface area contributed by atoms with Gasteiger partial charge in [-0.15, -0.1) is 0 Å². The highest BCUT2D eigenvalue weighted by Gasteiger charge is 2.23. The Bertz CT molecular complexity index is 649. The first-order valence-corrected chi connectivity index (χ1v) is 8.14. The predicted octanol–water partition coefficient (Wildman–Crippen LogP) is 5.99. The molecule has 1 aliphatic carbocycles. The Morgan fingerprint density at radius 1 is 0.950 bits per heavy atom. The number of hydrogen-bond acceptors (Lipinski definition) is 1. The van der Waals surface area contributed by atoms with Gasteiger partial charge in [-0.2, -0.15) is 0 Å². The molecule has 1 nitrogen and oxygen atoms in total. The Hall–Kier alpha value is -0.410. The number of benzene rings is 2. The number of nitrogens with one attached hydrogen (secondary N) is 1. The molecule has 0 bridgehead atoms. The molecule has 3 rings (SSSR count). The standard InChI is InChI=1S/C15H11BrCl3N/c16-10-6-13(18)15(14(19)7-10)20-12-4-8-1-2-11(17)3-9(8)5-12/h1-3,6-7,12,20H,4-5H2. The molecule has 1 unspecified atom stereocenters. The van der Waals surface area contributed by atoms with Crippen LogP contribution in [0.2, 0.25) is 15.1 Å². The molecule has 1 atom stereocenters. The molecule has 20 heavy (non-hydrogen) atoms. The SMILES string of the molecule is Clc1ccc2c(c1)CC(Nc1c(Cl)cc(Br)cc1Cl)C2. The van der Waals surface area contributed by atoms with Crippen LogP contribution in [0, 0.1) is 0 Å². The van der Waals surface area contributed by atoms with E-state index < -0.39 is 0 Å². The van der Waals surface area contributed by atoms with E-state index in [-0.39, 0.29) is 0 Å². The number of hydrogen-bond donors (Lipinski definition) is 1. The van der Waals surface area contributed by atoms with Crippen molar-refractivity contribution in [1.82, 2.24) is 0 Å². The minimum absolute atomic E-state index is 0.291. The fourth-order valence-corrected chi connectivity index (χ4v) is 4.09. The van der Waals surface area contributed by atoms with E-state index in [9.17, 15) is 0 Å². The Morgan fingerprint density at radius 2 is 1.60 bits per heavy atom. The lowest BCUT2D eigenvalue weighted by atomic mass is 10.1. The largest absolute Gasteiger partial charge is 0.379 e. The molecule has 104 valence electrons. The highest BCUT2D eigenvalue weighted by Crippen LogP contribution is 2.36. The topological polar surface area (TPSA) is 12.0 Å². The van der Waals surface area contributed by atoms with Crippen LogP contribution in [0.25, 0.3) is 0 Å². The third-order valence-electron chi connectivity index (χ3n) is 3.46. The zero-order chi connectivity index (χ0) is 14.3. The quantitative estimate of drug-likeness (QED) is 0.663. The van der Waals surface area contributed by atoms with E-state index in [1.165, 1.54) is 11.1 Å². The van der Waals surface area contributed by atoms with Crippen molar-refractivity contribution < 1.29 is 0 Å². The first-order chi connectivity index (χ1) is 9.52. The van der Waals surface area contributed by atoms with Crippen molar-refractivity contribution in [2.75, 3.05) is 5.32 Å². The summed E-state index contributed by atoms with van der Waals surface area (Å²) in [5.74, 6) is 0. The molecule has 0 saturated heterocycles. The Kier molecular flexibility index (Phi) is 4.19. The van der Waals surface area contributed by atoms with Gasteiger partial charge in [0.15, 0.2) is 0 Å². The Balaban J connectivity index is 1.81. The van der Waals surface area contributed by atoms with Crippen LogP contribution in [0.1, 0.15) is 11.1 Å². The molecule has 5 heteroatoms.